The summed E-state index contributed by atoms with van der Waals surface area (Å²) in [6.45, 7) is 15.3. The number of hydrogen-bond donors (Lipinski definition) is 1. The highest BCUT2D eigenvalue weighted by Crippen LogP contribution is 2.19. The van der Waals surface area contributed by atoms with E-state index in [-0.39, 0.29) is 31.0 Å². The van der Waals surface area contributed by atoms with Gasteiger partial charge in [0.25, 0.3) is 0 Å². The van der Waals surface area contributed by atoms with E-state index in [9.17, 15) is 4.79 Å². The Morgan fingerprint density at radius 2 is 2.04 bits per heavy atom. The first-order chi connectivity index (χ1) is 10.8. The Morgan fingerprint density at radius 1 is 1.38 bits per heavy atom. The van der Waals surface area contributed by atoms with Crippen LogP contribution in [0.5, 0.6) is 0 Å². The van der Waals surface area contributed by atoms with E-state index in [1.165, 1.54) is 5.56 Å². The monoisotopic (exact) mass is 358 g/mol. The molecule has 2 rings (SSSR count). The molecule has 6 nitrogen and oxygen atoms in total. The second-order valence-electron chi connectivity index (χ2n) is 6.93. The summed E-state index contributed by atoms with van der Waals surface area (Å²) in [5, 5.41) is 8.04. The third-order valence-electron chi connectivity index (χ3n) is 4.43. The van der Waals surface area contributed by atoms with Crippen molar-refractivity contribution in [1.82, 2.24) is 20.0 Å². The van der Waals surface area contributed by atoms with Crippen LogP contribution in [0.25, 0.3) is 0 Å². The molecule has 24 heavy (non-hydrogen) atoms. The number of hydrogen-bond acceptors (Lipinski definition) is 5. The van der Waals surface area contributed by atoms with Crippen LogP contribution in [-0.4, -0.2) is 51.9 Å². The van der Waals surface area contributed by atoms with Crippen molar-refractivity contribution >= 4 is 18.4 Å². The summed E-state index contributed by atoms with van der Waals surface area (Å²) in [5.74, 6) is -0.235. The van der Waals surface area contributed by atoms with Gasteiger partial charge < -0.3 is 10.1 Å². The average molecular weight is 359 g/mol. The summed E-state index contributed by atoms with van der Waals surface area (Å²) in [5.41, 5.74) is 3.28. The summed E-state index contributed by atoms with van der Waals surface area (Å²) >= 11 is 0. The number of carbonyl (C=O) groups is 1. The Morgan fingerprint density at radius 3 is 2.67 bits per heavy atom. The lowest BCUT2D eigenvalue weighted by Crippen LogP contribution is -2.53. The Balaban J connectivity index is 0.00000288. The van der Waals surface area contributed by atoms with Crippen molar-refractivity contribution in [2.24, 2.45) is 0 Å². The van der Waals surface area contributed by atoms with Crippen molar-refractivity contribution in [3.63, 3.8) is 0 Å². The SMILES string of the molecule is Cc1nn(CC(=O)OC(C)C)c(C)c1CN1CC(C)NCC1C.Cl. The fourth-order valence-electron chi connectivity index (χ4n) is 3.06. The van der Waals surface area contributed by atoms with Crippen molar-refractivity contribution in [2.45, 2.75) is 72.8 Å². The van der Waals surface area contributed by atoms with Crippen molar-refractivity contribution in [3.05, 3.63) is 17.0 Å². The van der Waals surface area contributed by atoms with Gasteiger partial charge in [-0.25, -0.2) is 0 Å². The van der Waals surface area contributed by atoms with E-state index < -0.39 is 0 Å². The number of halogens is 1. The van der Waals surface area contributed by atoms with Gasteiger partial charge in [0.1, 0.15) is 6.54 Å². The molecular formula is C17H31ClN4O2. The Hall–Kier alpha value is -1.11. The highest BCUT2D eigenvalue weighted by Gasteiger charge is 2.25. The summed E-state index contributed by atoms with van der Waals surface area (Å²) in [4.78, 5) is 14.4. The van der Waals surface area contributed by atoms with E-state index in [0.29, 0.717) is 12.1 Å². The fourth-order valence-corrected chi connectivity index (χ4v) is 3.06. The number of carbonyl (C=O) groups excluding carboxylic acids is 1. The van der Waals surface area contributed by atoms with Gasteiger partial charge in [-0.1, -0.05) is 0 Å². The highest BCUT2D eigenvalue weighted by atomic mass is 35.5. The van der Waals surface area contributed by atoms with Crippen LogP contribution in [0.1, 0.15) is 44.6 Å². The molecule has 0 saturated carbocycles. The number of piperazine rings is 1. The van der Waals surface area contributed by atoms with Gasteiger partial charge >= 0.3 is 5.97 Å². The molecule has 7 heteroatoms. The maximum Gasteiger partial charge on any atom is 0.328 e. The largest absolute Gasteiger partial charge is 0.462 e. The quantitative estimate of drug-likeness (QED) is 0.816. The molecule has 1 saturated heterocycles. The van der Waals surface area contributed by atoms with Crippen LogP contribution >= 0.6 is 12.4 Å². The predicted molar refractivity (Wildman–Crippen MR) is 97.5 cm³/mol. The Kier molecular flexibility index (Phi) is 7.70. The zero-order valence-corrected chi connectivity index (χ0v) is 16.4. The first-order valence-corrected chi connectivity index (χ1v) is 8.47. The summed E-state index contributed by atoms with van der Waals surface area (Å²) in [7, 11) is 0. The van der Waals surface area contributed by atoms with Crippen molar-refractivity contribution in [2.75, 3.05) is 13.1 Å². The molecule has 0 bridgehead atoms. The molecule has 2 unspecified atom stereocenters. The van der Waals surface area contributed by atoms with Gasteiger partial charge in [-0.3, -0.25) is 14.4 Å². The van der Waals surface area contributed by atoms with E-state index in [0.717, 1.165) is 31.0 Å². The topological polar surface area (TPSA) is 59.4 Å². The molecule has 0 spiro atoms. The summed E-state index contributed by atoms with van der Waals surface area (Å²) in [6.07, 6.45) is -0.0953. The number of ether oxygens (including phenoxy) is 1. The normalized spacial score (nSPS) is 21.6. The zero-order valence-electron chi connectivity index (χ0n) is 15.6. The Labute approximate surface area is 151 Å². The molecule has 1 N–H and O–H groups in total. The molecule has 1 aromatic heterocycles. The standard InChI is InChI=1S/C17H30N4O2.ClH/c1-11(2)23-17(22)10-21-15(6)16(14(5)19-21)9-20-8-12(3)18-7-13(20)4;/h11-13,18H,7-10H2,1-6H3;1H. The second-order valence-corrected chi connectivity index (χ2v) is 6.93. The lowest BCUT2D eigenvalue weighted by atomic mass is 10.1. The Bertz CT molecular complexity index is 559. The van der Waals surface area contributed by atoms with E-state index >= 15 is 0 Å². The van der Waals surface area contributed by atoms with Gasteiger partial charge in [0.05, 0.1) is 11.8 Å². The first kappa shape index (κ1) is 20.9. The second kappa shape index (κ2) is 8.83. The number of esters is 1. The molecule has 0 radical (unpaired) electrons. The minimum absolute atomic E-state index is 0. The number of nitrogens with zero attached hydrogens (tertiary/aromatic N) is 3. The van der Waals surface area contributed by atoms with Crippen LogP contribution in [0.2, 0.25) is 0 Å². The third-order valence-corrected chi connectivity index (χ3v) is 4.43. The number of aromatic nitrogens is 2. The number of rotatable bonds is 5. The predicted octanol–water partition coefficient (Wildman–Crippen LogP) is 2.06. The van der Waals surface area contributed by atoms with Crippen LogP contribution < -0.4 is 5.32 Å². The third kappa shape index (κ3) is 5.19. The fraction of sp³-hybridized carbons (Fsp3) is 0.765. The zero-order chi connectivity index (χ0) is 17.1. The van der Waals surface area contributed by atoms with Crippen LogP contribution in [0, 0.1) is 13.8 Å². The van der Waals surface area contributed by atoms with Gasteiger partial charge in [0.15, 0.2) is 0 Å². The molecule has 1 aliphatic heterocycles. The molecule has 2 heterocycles. The van der Waals surface area contributed by atoms with Crippen molar-refractivity contribution in [1.29, 1.82) is 0 Å². The molecule has 1 aliphatic rings. The maximum atomic E-state index is 11.9. The maximum absolute atomic E-state index is 11.9. The summed E-state index contributed by atoms with van der Waals surface area (Å²) < 4.78 is 6.99. The van der Waals surface area contributed by atoms with Crippen LogP contribution in [0.4, 0.5) is 0 Å². The van der Waals surface area contributed by atoms with Gasteiger partial charge in [0, 0.05) is 43.0 Å². The minimum Gasteiger partial charge on any atom is -0.462 e. The molecule has 0 amide bonds. The van der Waals surface area contributed by atoms with E-state index in [1.807, 2.05) is 27.7 Å². The smallest absolute Gasteiger partial charge is 0.328 e. The molecular weight excluding hydrogens is 328 g/mol. The molecule has 1 fully saturated rings. The lowest BCUT2D eigenvalue weighted by molar-refractivity contribution is -0.148. The molecule has 0 aliphatic carbocycles. The number of aryl methyl sites for hydroxylation is 1. The summed E-state index contributed by atoms with van der Waals surface area (Å²) in [6, 6.07) is 1.00. The van der Waals surface area contributed by atoms with E-state index in [1.54, 1.807) is 4.68 Å². The minimum atomic E-state index is -0.235. The van der Waals surface area contributed by atoms with Crippen LogP contribution in [0.3, 0.4) is 0 Å². The lowest BCUT2D eigenvalue weighted by Gasteiger charge is -2.37. The van der Waals surface area contributed by atoms with E-state index in [4.69, 9.17) is 4.74 Å². The molecule has 1 aromatic rings. The van der Waals surface area contributed by atoms with E-state index in [2.05, 4.69) is 29.2 Å². The van der Waals surface area contributed by atoms with Crippen molar-refractivity contribution < 1.29 is 9.53 Å². The number of nitrogens with one attached hydrogen (secondary N) is 1. The van der Waals surface area contributed by atoms with Gasteiger partial charge in [-0.15, -0.1) is 12.4 Å². The molecule has 138 valence electrons. The van der Waals surface area contributed by atoms with Gasteiger partial charge in [-0.2, -0.15) is 5.10 Å². The highest BCUT2D eigenvalue weighted by molar-refractivity contribution is 5.85. The van der Waals surface area contributed by atoms with Crippen LogP contribution in [0.15, 0.2) is 0 Å². The molecule has 0 aromatic carbocycles. The average Bonchev–Trinajstić information content (AvgIpc) is 2.69. The van der Waals surface area contributed by atoms with Crippen molar-refractivity contribution in [3.8, 4) is 0 Å². The van der Waals surface area contributed by atoms with Gasteiger partial charge in [-0.05, 0) is 41.5 Å². The first-order valence-electron chi connectivity index (χ1n) is 8.47. The molecule has 2 atom stereocenters. The van der Waals surface area contributed by atoms with Crippen LogP contribution in [-0.2, 0) is 22.6 Å². The van der Waals surface area contributed by atoms with Gasteiger partial charge in [0.2, 0.25) is 0 Å².